The summed E-state index contributed by atoms with van der Waals surface area (Å²) in [7, 11) is 2.20. The van der Waals surface area contributed by atoms with Crippen LogP contribution in [0.5, 0.6) is 0 Å². The zero-order valence-electron chi connectivity index (χ0n) is 13.8. The Morgan fingerprint density at radius 3 is 2.33 bits per heavy atom. The summed E-state index contributed by atoms with van der Waals surface area (Å²) < 4.78 is 0. The average Bonchev–Trinajstić information content (AvgIpc) is 2.95. The van der Waals surface area contributed by atoms with Crippen molar-refractivity contribution in [2.75, 3.05) is 33.2 Å². The summed E-state index contributed by atoms with van der Waals surface area (Å²) in [4.78, 5) is 16.9. The second kappa shape index (κ2) is 8.35. The minimum absolute atomic E-state index is 0. The van der Waals surface area contributed by atoms with E-state index < -0.39 is 0 Å². The first-order chi connectivity index (χ1) is 9.52. The molecule has 21 heavy (non-hydrogen) atoms. The number of amides is 1. The topological polar surface area (TPSA) is 49.6 Å². The smallest absolute Gasteiger partial charge is 0.239 e. The van der Waals surface area contributed by atoms with Crippen LogP contribution in [0, 0.1) is 17.8 Å². The molecular weight excluding hydrogens is 286 g/mol. The van der Waals surface area contributed by atoms with Crippen LogP contribution >= 0.6 is 12.4 Å². The maximum absolute atomic E-state index is 12.4. The summed E-state index contributed by atoms with van der Waals surface area (Å²) in [5.74, 6) is 1.97. The quantitative estimate of drug-likeness (QED) is 0.862. The molecule has 0 aromatic carbocycles. The molecule has 0 aromatic heterocycles. The Labute approximate surface area is 135 Å². The lowest BCUT2D eigenvalue weighted by Crippen LogP contribution is -2.46. The third-order valence-corrected chi connectivity index (χ3v) is 5.51. The predicted molar refractivity (Wildman–Crippen MR) is 89.6 cm³/mol. The molecule has 124 valence electrons. The van der Waals surface area contributed by atoms with Gasteiger partial charge in [-0.25, -0.2) is 0 Å². The van der Waals surface area contributed by atoms with E-state index in [0.717, 1.165) is 25.4 Å². The number of carbonyl (C=O) groups is 1. The van der Waals surface area contributed by atoms with Crippen molar-refractivity contribution in [3.8, 4) is 0 Å². The van der Waals surface area contributed by atoms with Crippen LogP contribution in [0.2, 0.25) is 0 Å². The molecule has 0 saturated carbocycles. The maximum Gasteiger partial charge on any atom is 0.239 e. The Morgan fingerprint density at radius 1 is 1.19 bits per heavy atom. The Morgan fingerprint density at radius 2 is 1.76 bits per heavy atom. The van der Waals surface area contributed by atoms with Gasteiger partial charge in [0.15, 0.2) is 0 Å². The van der Waals surface area contributed by atoms with Gasteiger partial charge >= 0.3 is 0 Å². The van der Waals surface area contributed by atoms with Crippen molar-refractivity contribution < 1.29 is 4.79 Å². The van der Waals surface area contributed by atoms with E-state index in [4.69, 9.17) is 5.73 Å². The normalized spacial score (nSPS) is 27.2. The average molecular weight is 318 g/mol. The highest BCUT2D eigenvalue weighted by Crippen LogP contribution is 2.31. The number of hydrogen-bond donors (Lipinski definition) is 1. The van der Waals surface area contributed by atoms with Gasteiger partial charge in [-0.2, -0.15) is 0 Å². The molecule has 2 fully saturated rings. The number of carbonyl (C=O) groups excluding carboxylic acids is 1. The summed E-state index contributed by atoms with van der Waals surface area (Å²) in [6.07, 6.45) is 4.73. The van der Waals surface area contributed by atoms with Gasteiger partial charge in [-0.3, -0.25) is 4.79 Å². The third kappa shape index (κ3) is 4.57. The molecule has 2 N–H and O–H groups in total. The van der Waals surface area contributed by atoms with Crippen LogP contribution < -0.4 is 5.73 Å². The highest BCUT2D eigenvalue weighted by Gasteiger charge is 2.35. The fraction of sp³-hybridized carbons (Fsp3) is 0.938. The molecule has 4 nitrogen and oxygen atoms in total. The summed E-state index contributed by atoms with van der Waals surface area (Å²) in [5.41, 5.74) is 6.10. The van der Waals surface area contributed by atoms with Gasteiger partial charge in [0.25, 0.3) is 0 Å². The Kier molecular flexibility index (Phi) is 7.45. The van der Waals surface area contributed by atoms with Crippen molar-refractivity contribution in [2.24, 2.45) is 23.5 Å². The van der Waals surface area contributed by atoms with E-state index in [0.29, 0.717) is 5.92 Å². The summed E-state index contributed by atoms with van der Waals surface area (Å²) in [5, 5.41) is 0. The summed E-state index contributed by atoms with van der Waals surface area (Å²) >= 11 is 0. The molecule has 0 aliphatic carbocycles. The third-order valence-electron chi connectivity index (χ3n) is 5.51. The lowest BCUT2D eigenvalue weighted by atomic mass is 9.84. The van der Waals surface area contributed by atoms with Gasteiger partial charge < -0.3 is 15.5 Å². The monoisotopic (exact) mass is 317 g/mol. The fourth-order valence-electron chi connectivity index (χ4n) is 3.58. The predicted octanol–water partition coefficient (Wildman–Crippen LogP) is 1.97. The molecule has 3 atom stereocenters. The Balaban J connectivity index is 0.00000220. The second-order valence-corrected chi connectivity index (χ2v) is 6.89. The summed E-state index contributed by atoms with van der Waals surface area (Å²) in [6.45, 7) is 8.45. The zero-order chi connectivity index (χ0) is 14.7. The van der Waals surface area contributed by atoms with E-state index in [9.17, 15) is 4.79 Å². The van der Waals surface area contributed by atoms with Crippen molar-refractivity contribution in [3.05, 3.63) is 0 Å². The molecule has 0 radical (unpaired) electrons. The van der Waals surface area contributed by atoms with Gasteiger partial charge in [-0.05, 0) is 57.2 Å². The second-order valence-electron chi connectivity index (χ2n) is 6.89. The first kappa shape index (κ1) is 18.7. The molecule has 2 rings (SSSR count). The van der Waals surface area contributed by atoms with Gasteiger partial charge in [0.2, 0.25) is 5.91 Å². The number of rotatable bonds is 4. The highest BCUT2D eigenvalue weighted by molar-refractivity contribution is 5.85. The highest BCUT2D eigenvalue weighted by atomic mass is 35.5. The van der Waals surface area contributed by atoms with E-state index in [1.54, 1.807) is 0 Å². The van der Waals surface area contributed by atoms with Crippen molar-refractivity contribution >= 4 is 18.3 Å². The molecule has 0 bridgehead atoms. The van der Waals surface area contributed by atoms with E-state index in [2.05, 4.69) is 25.8 Å². The molecule has 5 heteroatoms. The van der Waals surface area contributed by atoms with Crippen molar-refractivity contribution in [1.82, 2.24) is 9.80 Å². The first-order valence-electron chi connectivity index (χ1n) is 8.25. The zero-order valence-corrected chi connectivity index (χ0v) is 14.6. The van der Waals surface area contributed by atoms with Crippen LogP contribution in [-0.4, -0.2) is 55.0 Å². The Hall–Kier alpha value is -0.320. The van der Waals surface area contributed by atoms with Crippen LogP contribution in [0.3, 0.4) is 0 Å². The van der Waals surface area contributed by atoms with Crippen LogP contribution in [-0.2, 0) is 4.79 Å². The maximum atomic E-state index is 12.4. The Bertz CT molecular complexity index is 331. The van der Waals surface area contributed by atoms with E-state index in [1.807, 2.05) is 4.90 Å². The minimum Gasteiger partial charge on any atom is -0.341 e. The fourth-order valence-corrected chi connectivity index (χ4v) is 3.58. The number of likely N-dealkylation sites (tertiary alicyclic amines) is 2. The van der Waals surface area contributed by atoms with Crippen LogP contribution in [0.25, 0.3) is 0 Å². The molecule has 2 saturated heterocycles. The molecule has 1 amide bonds. The standard InChI is InChI=1S/C16H31N3O.ClH/c1-4-12(2)15(17)16(20)19-10-7-14(11-19)13-5-8-18(3)9-6-13;/h12-15H,4-11,17H2,1-3H3;1H. The van der Waals surface area contributed by atoms with Gasteiger partial charge in [-0.1, -0.05) is 20.3 Å². The van der Waals surface area contributed by atoms with Gasteiger partial charge in [-0.15, -0.1) is 12.4 Å². The number of piperidine rings is 1. The van der Waals surface area contributed by atoms with E-state index in [1.165, 1.54) is 32.4 Å². The lowest BCUT2D eigenvalue weighted by molar-refractivity contribution is -0.132. The van der Waals surface area contributed by atoms with E-state index in [-0.39, 0.29) is 30.3 Å². The van der Waals surface area contributed by atoms with Crippen LogP contribution in [0.4, 0.5) is 0 Å². The molecule has 0 spiro atoms. The van der Waals surface area contributed by atoms with Crippen molar-refractivity contribution in [3.63, 3.8) is 0 Å². The van der Waals surface area contributed by atoms with Gasteiger partial charge in [0, 0.05) is 13.1 Å². The number of hydrogen-bond acceptors (Lipinski definition) is 3. The minimum atomic E-state index is -0.309. The molecular formula is C16H32ClN3O. The molecule has 2 aliphatic heterocycles. The van der Waals surface area contributed by atoms with Crippen molar-refractivity contribution in [2.45, 2.75) is 45.6 Å². The molecule has 0 aromatic rings. The number of halogens is 1. The number of nitrogens with two attached hydrogens (primary N) is 1. The van der Waals surface area contributed by atoms with Crippen LogP contribution in [0.1, 0.15) is 39.5 Å². The molecule has 3 unspecified atom stereocenters. The van der Waals surface area contributed by atoms with Crippen LogP contribution in [0.15, 0.2) is 0 Å². The number of nitrogens with zero attached hydrogens (tertiary/aromatic N) is 2. The lowest BCUT2D eigenvalue weighted by Gasteiger charge is -2.32. The van der Waals surface area contributed by atoms with E-state index >= 15 is 0 Å². The van der Waals surface area contributed by atoms with Gasteiger partial charge in [0.05, 0.1) is 6.04 Å². The molecule has 2 heterocycles. The first-order valence-corrected chi connectivity index (χ1v) is 8.25. The SMILES string of the molecule is CCC(C)C(N)C(=O)N1CCC(C2CCN(C)CC2)C1.Cl. The van der Waals surface area contributed by atoms with Gasteiger partial charge in [0.1, 0.15) is 0 Å². The molecule has 2 aliphatic rings. The largest absolute Gasteiger partial charge is 0.341 e. The summed E-state index contributed by atoms with van der Waals surface area (Å²) in [6, 6.07) is -0.309. The van der Waals surface area contributed by atoms with Crippen molar-refractivity contribution in [1.29, 1.82) is 0 Å².